The van der Waals surface area contributed by atoms with E-state index in [1.54, 1.807) is 6.07 Å². The van der Waals surface area contributed by atoms with Gasteiger partial charge in [0.15, 0.2) is 5.78 Å². The Morgan fingerprint density at radius 3 is 2.28 bits per heavy atom. The molecule has 0 saturated heterocycles. The molecule has 0 bridgehead atoms. The van der Waals surface area contributed by atoms with Crippen LogP contribution in [0.5, 0.6) is 5.75 Å². The molecule has 0 aliphatic carbocycles. The standard InChI is InChI=1S/C15H14O2.ClH/c1-2-17-14-11-7-6-10-13(14)15(16)12-8-4-3-5-9-12;/h3-11H,2H2,1H3;1H. The summed E-state index contributed by atoms with van der Waals surface area (Å²) >= 11 is 0. The normalized spacial score (nSPS) is 9.39. The number of hydrogen-bond donors (Lipinski definition) is 0. The fraction of sp³-hybridized carbons (Fsp3) is 0.133. The Hall–Kier alpha value is -1.80. The highest BCUT2D eigenvalue weighted by atomic mass is 35.5. The molecule has 3 heteroatoms. The maximum absolute atomic E-state index is 12.3. The third-order valence-electron chi connectivity index (χ3n) is 2.47. The minimum Gasteiger partial charge on any atom is -0.493 e. The summed E-state index contributed by atoms with van der Waals surface area (Å²) in [7, 11) is 0. The summed E-state index contributed by atoms with van der Waals surface area (Å²) in [6, 6.07) is 16.6. The number of carbonyl (C=O) groups excluding carboxylic acids is 1. The lowest BCUT2D eigenvalue weighted by Crippen LogP contribution is -2.04. The van der Waals surface area contributed by atoms with E-state index in [4.69, 9.17) is 4.74 Å². The highest BCUT2D eigenvalue weighted by molar-refractivity contribution is 6.10. The lowest BCUT2D eigenvalue weighted by Gasteiger charge is -2.08. The fourth-order valence-corrected chi connectivity index (χ4v) is 1.68. The molecule has 0 unspecified atom stereocenters. The topological polar surface area (TPSA) is 26.3 Å². The first kappa shape index (κ1) is 14.3. The Kier molecular flexibility index (Phi) is 5.40. The van der Waals surface area contributed by atoms with Crippen molar-refractivity contribution in [3.05, 3.63) is 65.7 Å². The molecule has 18 heavy (non-hydrogen) atoms. The molecule has 94 valence electrons. The van der Waals surface area contributed by atoms with Crippen LogP contribution in [0.4, 0.5) is 0 Å². The van der Waals surface area contributed by atoms with Crippen molar-refractivity contribution >= 4 is 18.2 Å². The SMILES string of the molecule is CCOc1ccccc1C(=O)c1ccccc1.Cl. The molecule has 2 rings (SSSR count). The van der Waals surface area contributed by atoms with Gasteiger partial charge in [-0.15, -0.1) is 12.4 Å². The molecular weight excluding hydrogens is 248 g/mol. The van der Waals surface area contributed by atoms with Gasteiger partial charge < -0.3 is 4.74 Å². The second kappa shape index (κ2) is 6.82. The highest BCUT2D eigenvalue weighted by Gasteiger charge is 2.13. The smallest absolute Gasteiger partial charge is 0.196 e. The Morgan fingerprint density at radius 2 is 1.61 bits per heavy atom. The maximum Gasteiger partial charge on any atom is 0.196 e. The number of para-hydroxylation sites is 1. The van der Waals surface area contributed by atoms with E-state index >= 15 is 0 Å². The van der Waals surface area contributed by atoms with E-state index in [1.807, 2.05) is 55.5 Å². The molecule has 0 atom stereocenters. The van der Waals surface area contributed by atoms with E-state index < -0.39 is 0 Å². The lowest BCUT2D eigenvalue weighted by atomic mass is 10.0. The zero-order chi connectivity index (χ0) is 12.1. The van der Waals surface area contributed by atoms with Crippen molar-refractivity contribution in [2.75, 3.05) is 6.61 Å². The molecule has 0 N–H and O–H groups in total. The highest BCUT2D eigenvalue weighted by Crippen LogP contribution is 2.21. The van der Waals surface area contributed by atoms with Gasteiger partial charge in [0.25, 0.3) is 0 Å². The van der Waals surface area contributed by atoms with Crippen LogP contribution >= 0.6 is 12.4 Å². The van der Waals surface area contributed by atoms with Crippen molar-refractivity contribution in [2.24, 2.45) is 0 Å². The monoisotopic (exact) mass is 262 g/mol. The molecule has 0 amide bonds. The molecule has 0 spiro atoms. The molecular formula is C15H15ClO2. The van der Waals surface area contributed by atoms with Gasteiger partial charge in [0.2, 0.25) is 0 Å². The fourth-order valence-electron chi connectivity index (χ4n) is 1.68. The number of ketones is 1. The molecule has 0 aliphatic heterocycles. The van der Waals surface area contributed by atoms with Gasteiger partial charge in [-0.1, -0.05) is 42.5 Å². The summed E-state index contributed by atoms with van der Waals surface area (Å²) in [6.07, 6.45) is 0. The summed E-state index contributed by atoms with van der Waals surface area (Å²) in [6.45, 7) is 2.46. The Balaban J connectivity index is 0.00000162. The average molecular weight is 263 g/mol. The van der Waals surface area contributed by atoms with Gasteiger partial charge in [-0.05, 0) is 19.1 Å². The summed E-state index contributed by atoms with van der Waals surface area (Å²) in [5.74, 6) is 0.638. The molecule has 2 aromatic rings. The minimum atomic E-state index is -0.00495. The zero-order valence-corrected chi connectivity index (χ0v) is 10.9. The number of carbonyl (C=O) groups is 1. The maximum atomic E-state index is 12.3. The summed E-state index contributed by atoms with van der Waals surface area (Å²) < 4.78 is 5.46. The second-order valence-corrected chi connectivity index (χ2v) is 3.62. The number of rotatable bonds is 4. The lowest BCUT2D eigenvalue weighted by molar-refractivity contribution is 0.103. The van der Waals surface area contributed by atoms with Crippen LogP contribution in [0.3, 0.4) is 0 Å². The molecule has 0 radical (unpaired) electrons. The summed E-state index contributed by atoms with van der Waals surface area (Å²) in [5.41, 5.74) is 1.29. The van der Waals surface area contributed by atoms with Gasteiger partial charge in [-0.3, -0.25) is 4.79 Å². The van der Waals surface area contributed by atoms with Gasteiger partial charge in [0.05, 0.1) is 12.2 Å². The van der Waals surface area contributed by atoms with Crippen LogP contribution in [0, 0.1) is 0 Å². The van der Waals surface area contributed by atoms with Crippen molar-refractivity contribution in [2.45, 2.75) is 6.92 Å². The van der Waals surface area contributed by atoms with E-state index in [9.17, 15) is 4.79 Å². The number of halogens is 1. The van der Waals surface area contributed by atoms with E-state index in [0.717, 1.165) is 0 Å². The molecule has 2 nitrogen and oxygen atoms in total. The third-order valence-corrected chi connectivity index (χ3v) is 2.47. The first-order valence-electron chi connectivity index (χ1n) is 5.64. The second-order valence-electron chi connectivity index (χ2n) is 3.62. The van der Waals surface area contributed by atoms with Crippen molar-refractivity contribution in [1.82, 2.24) is 0 Å². The first-order chi connectivity index (χ1) is 8.33. The average Bonchev–Trinajstić information content (AvgIpc) is 2.40. The quantitative estimate of drug-likeness (QED) is 0.785. The zero-order valence-electron chi connectivity index (χ0n) is 10.1. The van der Waals surface area contributed by atoms with Crippen LogP contribution < -0.4 is 4.74 Å². The van der Waals surface area contributed by atoms with Crippen LogP contribution in [-0.2, 0) is 0 Å². The van der Waals surface area contributed by atoms with E-state index in [0.29, 0.717) is 23.5 Å². The first-order valence-corrected chi connectivity index (χ1v) is 5.64. The molecule has 0 fully saturated rings. The Morgan fingerprint density at radius 1 is 1.00 bits per heavy atom. The largest absolute Gasteiger partial charge is 0.493 e. The molecule has 0 aromatic heterocycles. The molecule has 0 heterocycles. The van der Waals surface area contributed by atoms with Gasteiger partial charge in [0.1, 0.15) is 5.75 Å². The van der Waals surface area contributed by atoms with Crippen LogP contribution in [-0.4, -0.2) is 12.4 Å². The van der Waals surface area contributed by atoms with Crippen LogP contribution in [0.2, 0.25) is 0 Å². The van der Waals surface area contributed by atoms with Gasteiger partial charge >= 0.3 is 0 Å². The van der Waals surface area contributed by atoms with Crippen molar-refractivity contribution < 1.29 is 9.53 Å². The number of benzene rings is 2. The predicted octanol–water partition coefficient (Wildman–Crippen LogP) is 3.74. The molecule has 2 aromatic carbocycles. The van der Waals surface area contributed by atoms with Crippen LogP contribution in [0.15, 0.2) is 54.6 Å². The van der Waals surface area contributed by atoms with Gasteiger partial charge in [-0.25, -0.2) is 0 Å². The minimum absolute atomic E-state index is 0. The van der Waals surface area contributed by atoms with Gasteiger partial charge in [0, 0.05) is 5.56 Å². The predicted molar refractivity (Wildman–Crippen MR) is 74.7 cm³/mol. The van der Waals surface area contributed by atoms with E-state index in [1.165, 1.54) is 0 Å². The number of ether oxygens (including phenoxy) is 1. The van der Waals surface area contributed by atoms with Crippen LogP contribution in [0.1, 0.15) is 22.8 Å². The third kappa shape index (κ3) is 3.11. The van der Waals surface area contributed by atoms with Crippen LogP contribution in [0.25, 0.3) is 0 Å². The molecule has 0 aliphatic rings. The number of hydrogen-bond acceptors (Lipinski definition) is 2. The van der Waals surface area contributed by atoms with Crippen molar-refractivity contribution in [3.63, 3.8) is 0 Å². The van der Waals surface area contributed by atoms with E-state index in [-0.39, 0.29) is 18.2 Å². The van der Waals surface area contributed by atoms with E-state index in [2.05, 4.69) is 0 Å². The molecule has 0 saturated carbocycles. The van der Waals surface area contributed by atoms with Gasteiger partial charge in [-0.2, -0.15) is 0 Å². The summed E-state index contributed by atoms with van der Waals surface area (Å²) in [4.78, 5) is 12.3. The Labute approximate surface area is 113 Å². The van der Waals surface area contributed by atoms with Crippen molar-refractivity contribution in [3.8, 4) is 5.75 Å². The van der Waals surface area contributed by atoms with Crippen molar-refractivity contribution in [1.29, 1.82) is 0 Å². The Bertz CT molecular complexity index is 509. The summed E-state index contributed by atoms with van der Waals surface area (Å²) in [5, 5.41) is 0.